The highest BCUT2D eigenvalue weighted by atomic mass is 35.5. The number of rotatable bonds is 7. The Kier molecular flexibility index (Phi) is 6.81. The largest absolute Gasteiger partial charge is 0.497 e. The zero-order chi connectivity index (χ0) is 22.5. The molecular weight excluding hydrogens is 422 g/mol. The van der Waals surface area contributed by atoms with Gasteiger partial charge in [-0.1, -0.05) is 48.5 Å². The molecule has 0 aliphatic carbocycles. The van der Waals surface area contributed by atoms with Crippen LogP contribution in [-0.2, 0) is 13.1 Å². The molecule has 1 aliphatic rings. The standard InChI is InChI=1S/C25H28ClN5O/c1-17-7-6-14-31(16-18-10-12-20(32-3)13-11-18)24-22(17)23(27-2)29-25(30-24)28-15-19-8-4-5-9-21(19)26/h4-5,8-13H,1,6-7,14-16H2,2-3H3,(H2,27,28,29,30). The summed E-state index contributed by atoms with van der Waals surface area (Å²) in [6.07, 6.45) is 1.92. The zero-order valence-corrected chi connectivity index (χ0v) is 19.2. The lowest BCUT2D eigenvalue weighted by atomic mass is 10.1. The number of anilines is 3. The Balaban J connectivity index is 1.66. The Morgan fingerprint density at radius 3 is 2.62 bits per heavy atom. The molecule has 2 N–H and O–H groups in total. The molecule has 0 fully saturated rings. The van der Waals surface area contributed by atoms with E-state index < -0.39 is 0 Å². The van der Waals surface area contributed by atoms with Crippen LogP contribution in [-0.4, -0.2) is 30.7 Å². The summed E-state index contributed by atoms with van der Waals surface area (Å²) in [6.45, 7) is 6.50. The maximum Gasteiger partial charge on any atom is 0.226 e. The van der Waals surface area contributed by atoms with E-state index in [1.54, 1.807) is 7.11 Å². The fraction of sp³-hybridized carbons (Fsp3) is 0.280. The van der Waals surface area contributed by atoms with E-state index in [9.17, 15) is 0 Å². The van der Waals surface area contributed by atoms with Crippen LogP contribution in [0.15, 0.2) is 55.1 Å². The van der Waals surface area contributed by atoms with Gasteiger partial charge in [-0.25, -0.2) is 0 Å². The third kappa shape index (κ3) is 4.81. The van der Waals surface area contributed by atoms with E-state index in [0.29, 0.717) is 12.5 Å². The van der Waals surface area contributed by atoms with Gasteiger partial charge >= 0.3 is 0 Å². The van der Waals surface area contributed by atoms with Crippen molar-refractivity contribution in [1.82, 2.24) is 9.97 Å². The monoisotopic (exact) mass is 449 g/mol. The Morgan fingerprint density at radius 2 is 1.91 bits per heavy atom. The number of hydrogen-bond acceptors (Lipinski definition) is 6. The second-order valence-corrected chi connectivity index (χ2v) is 8.17. The first-order valence-electron chi connectivity index (χ1n) is 10.7. The predicted octanol–water partition coefficient (Wildman–Crippen LogP) is 5.61. The van der Waals surface area contributed by atoms with Crippen molar-refractivity contribution in [3.63, 3.8) is 0 Å². The molecule has 6 nitrogen and oxygen atoms in total. The van der Waals surface area contributed by atoms with Crippen LogP contribution in [0.5, 0.6) is 5.75 Å². The van der Waals surface area contributed by atoms with Gasteiger partial charge in [0.2, 0.25) is 5.95 Å². The summed E-state index contributed by atoms with van der Waals surface area (Å²) in [5, 5.41) is 7.30. The molecule has 32 heavy (non-hydrogen) atoms. The third-order valence-corrected chi connectivity index (χ3v) is 5.98. The number of nitrogens with zero attached hydrogens (tertiary/aromatic N) is 3. The topological polar surface area (TPSA) is 62.3 Å². The zero-order valence-electron chi connectivity index (χ0n) is 18.5. The van der Waals surface area contributed by atoms with Crippen molar-refractivity contribution in [2.45, 2.75) is 25.9 Å². The van der Waals surface area contributed by atoms with Crippen LogP contribution in [0.4, 0.5) is 17.6 Å². The van der Waals surface area contributed by atoms with E-state index in [1.165, 1.54) is 5.56 Å². The minimum absolute atomic E-state index is 0.543. The molecule has 1 aliphatic heterocycles. The molecule has 1 aromatic heterocycles. The summed E-state index contributed by atoms with van der Waals surface area (Å²) in [6, 6.07) is 15.9. The summed E-state index contributed by atoms with van der Waals surface area (Å²) >= 11 is 6.32. The van der Waals surface area contributed by atoms with Crippen molar-refractivity contribution < 1.29 is 4.74 Å². The van der Waals surface area contributed by atoms with Gasteiger partial charge in [0.1, 0.15) is 17.4 Å². The summed E-state index contributed by atoms with van der Waals surface area (Å²) in [5.74, 6) is 3.08. The highest BCUT2D eigenvalue weighted by molar-refractivity contribution is 6.31. The molecule has 0 atom stereocenters. The number of methoxy groups -OCH3 is 1. The second kappa shape index (κ2) is 9.92. The molecule has 0 bridgehead atoms. The fourth-order valence-electron chi connectivity index (χ4n) is 3.90. The lowest BCUT2D eigenvalue weighted by Crippen LogP contribution is -2.25. The highest BCUT2D eigenvalue weighted by Crippen LogP contribution is 2.37. The average Bonchev–Trinajstić information content (AvgIpc) is 2.97. The van der Waals surface area contributed by atoms with Gasteiger partial charge in [-0.3, -0.25) is 0 Å². The molecule has 2 aromatic carbocycles. The molecule has 0 amide bonds. The van der Waals surface area contributed by atoms with Gasteiger partial charge in [0, 0.05) is 31.7 Å². The van der Waals surface area contributed by atoms with Crippen LogP contribution < -0.4 is 20.3 Å². The minimum Gasteiger partial charge on any atom is -0.497 e. The van der Waals surface area contributed by atoms with E-state index in [2.05, 4.69) is 34.2 Å². The highest BCUT2D eigenvalue weighted by Gasteiger charge is 2.24. The van der Waals surface area contributed by atoms with E-state index in [-0.39, 0.29) is 0 Å². The van der Waals surface area contributed by atoms with E-state index in [4.69, 9.17) is 26.3 Å². The maximum absolute atomic E-state index is 6.32. The van der Waals surface area contributed by atoms with Gasteiger partial charge in [-0.2, -0.15) is 9.97 Å². The van der Waals surface area contributed by atoms with Gasteiger partial charge in [0.25, 0.3) is 0 Å². The summed E-state index contributed by atoms with van der Waals surface area (Å²) in [5.41, 5.74) is 4.23. The van der Waals surface area contributed by atoms with Crippen molar-refractivity contribution in [3.05, 3.63) is 76.8 Å². The van der Waals surface area contributed by atoms with Crippen LogP contribution in [0.1, 0.15) is 29.5 Å². The lowest BCUT2D eigenvalue weighted by Gasteiger charge is -2.25. The fourth-order valence-corrected chi connectivity index (χ4v) is 4.10. The van der Waals surface area contributed by atoms with Crippen molar-refractivity contribution in [2.24, 2.45) is 0 Å². The molecule has 3 aromatic rings. The van der Waals surface area contributed by atoms with Crippen molar-refractivity contribution in [2.75, 3.05) is 36.2 Å². The van der Waals surface area contributed by atoms with Crippen LogP contribution in [0.2, 0.25) is 5.02 Å². The molecule has 0 unspecified atom stereocenters. The molecule has 0 radical (unpaired) electrons. The number of allylic oxidation sites excluding steroid dienone is 1. The van der Waals surface area contributed by atoms with Crippen LogP contribution in [0.25, 0.3) is 5.57 Å². The Hall–Kier alpha value is -3.25. The van der Waals surface area contributed by atoms with Crippen LogP contribution >= 0.6 is 11.6 Å². The third-order valence-electron chi connectivity index (χ3n) is 5.61. The molecule has 4 rings (SSSR count). The molecular formula is C25H28ClN5O. The Labute approximate surface area is 194 Å². The normalized spacial score (nSPS) is 13.3. The van der Waals surface area contributed by atoms with Crippen molar-refractivity contribution >= 4 is 34.8 Å². The molecule has 0 spiro atoms. The quantitative estimate of drug-likeness (QED) is 0.489. The van der Waals surface area contributed by atoms with Gasteiger partial charge in [-0.05, 0) is 47.7 Å². The van der Waals surface area contributed by atoms with Gasteiger partial charge in [-0.15, -0.1) is 0 Å². The van der Waals surface area contributed by atoms with E-state index in [1.807, 2.05) is 43.4 Å². The number of ether oxygens (including phenoxy) is 1. The van der Waals surface area contributed by atoms with Crippen molar-refractivity contribution in [3.8, 4) is 5.75 Å². The molecule has 2 heterocycles. The molecule has 0 saturated carbocycles. The first-order valence-corrected chi connectivity index (χ1v) is 11.1. The second-order valence-electron chi connectivity index (χ2n) is 7.77. The summed E-state index contributed by atoms with van der Waals surface area (Å²) < 4.78 is 5.30. The molecule has 7 heteroatoms. The predicted molar refractivity (Wildman–Crippen MR) is 133 cm³/mol. The first-order chi connectivity index (χ1) is 15.6. The number of nitrogens with one attached hydrogen (secondary N) is 2. The number of halogens is 1. The molecule has 166 valence electrons. The number of hydrogen-bond donors (Lipinski definition) is 2. The van der Waals surface area contributed by atoms with E-state index >= 15 is 0 Å². The average molecular weight is 450 g/mol. The van der Waals surface area contributed by atoms with E-state index in [0.717, 1.165) is 65.0 Å². The lowest BCUT2D eigenvalue weighted by molar-refractivity contribution is 0.414. The number of benzene rings is 2. The van der Waals surface area contributed by atoms with Gasteiger partial charge in [0.05, 0.1) is 12.7 Å². The summed E-state index contributed by atoms with van der Waals surface area (Å²) in [4.78, 5) is 12.0. The number of aromatic nitrogens is 2. The Bertz CT molecular complexity index is 1100. The SMILES string of the molecule is C=C1CCCN(Cc2ccc(OC)cc2)c2nc(NCc3ccccc3Cl)nc(NC)c21. The number of fused-ring (bicyclic) bond motifs is 1. The summed E-state index contributed by atoms with van der Waals surface area (Å²) in [7, 11) is 3.56. The van der Waals surface area contributed by atoms with Gasteiger partial charge in [0.15, 0.2) is 0 Å². The smallest absolute Gasteiger partial charge is 0.226 e. The first kappa shape index (κ1) is 22.0. The van der Waals surface area contributed by atoms with Crippen LogP contribution in [0.3, 0.4) is 0 Å². The molecule has 0 saturated heterocycles. The Morgan fingerprint density at radius 1 is 1.12 bits per heavy atom. The van der Waals surface area contributed by atoms with Crippen LogP contribution in [0, 0.1) is 0 Å². The van der Waals surface area contributed by atoms with Crippen molar-refractivity contribution in [1.29, 1.82) is 0 Å². The minimum atomic E-state index is 0.543. The maximum atomic E-state index is 6.32. The van der Waals surface area contributed by atoms with Gasteiger partial charge < -0.3 is 20.3 Å².